The van der Waals surface area contributed by atoms with Crippen molar-refractivity contribution in [1.82, 2.24) is 9.80 Å². The van der Waals surface area contributed by atoms with Crippen molar-refractivity contribution in [1.29, 1.82) is 0 Å². The van der Waals surface area contributed by atoms with Crippen molar-refractivity contribution in [3.8, 4) is 5.75 Å². The van der Waals surface area contributed by atoms with Gasteiger partial charge in [0.25, 0.3) is 0 Å². The third kappa shape index (κ3) is 6.45. The van der Waals surface area contributed by atoms with E-state index in [1.807, 2.05) is 4.90 Å². The first-order chi connectivity index (χ1) is 17.5. The van der Waals surface area contributed by atoms with Gasteiger partial charge in [-0.05, 0) is 55.8 Å². The second kappa shape index (κ2) is 11.1. The summed E-state index contributed by atoms with van der Waals surface area (Å²) in [6.45, 7) is 4.91. The molecule has 0 bridgehead atoms. The van der Waals surface area contributed by atoms with Gasteiger partial charge in [0, 0.05) is 51.5 Å². The molecule has 2 saturated heterocycles. The van der Waals surface area contributed by atoms with Crippen molar-refractivity contribution in [2.45, 2.75) is 18.3 Å². The Hall–Kier alpha value is -3.06. The smallest absolute Gasteiger partial charge is 0.374 e. The molecule has 2 fully saturated rings. The Kier molecular flexibility index (Phi) is 8.12. The monoisotopic (exact) mass is 544 g/mol. The second-order valence-corrected chi connectivity index (χ2v) is 10.4. The molecule has 0 spiro atoms. The van der Waals surface area contributed by atoms with E-state index in [1.165, 1.54) is 24.3 Å². The van der Waals surface area contributed by atoms with Crippen LogP contribution < -0.4 is 14.0 Å². The Morgan fingerprint density at radius 3 is 2.16 bits per heavy atom. The van der Waals surface area contributed by atoms with Crippen LogP contribution in [-0.2, 0) is 10.1 Å². The molecule has 202 valence electrons. The summed E-state index contributed by atoms with van der Waals surface area (Å²) in [5.41, 5.74) is -4.53. The van der Waals surface area contributed by atoms with Crippen molar-refractivity contribution in [2.75, 3.05) is 62.2 Å². The number of carbonyl (C=O) groups is 1. The maximum Gasteiger partial charge on any atom is 0.534 e. The number of para-hydroxylation sites is 2. The zero-order valence-electron chi connectivity index (χ0n) is 20.0. The maximum absolute atomic E-state index is 13.1. The number of carbonyl (C=O) groups excluding carboxylic acids is 1. The van der Waals surface area contributed by atoms with E-state index < -0.39 is 15.6 Å². The van der Waals surface area contributed by atoms with Gasteiger partial charge in [0.15, 0.2) is 5.75 Å². The Morgan fingerprint density at radius 1 is 0.838 bits per heavy atom. The van der Waals surface area contributed by atoms with Gasteiger partial charge in [-0.2, -0.15) is 21.6 Å². The fourth-order valence-electron chi connectivity index (χ4n) is 4.46. The molecule has 0 unspecified atom stereocenters. The van der Waals surface area contributed by atoms with Gasteiger partial charge in [-0.25, -0.2) is 9.18 Å². The normalized spacial score (nSPS) is 17.5. The topological polar surface area (TPSA) is 73.4 Å². The number of urea groups is 1. The molecule has 2 aromatic rings. The third-order valence-electron chi connectivity index (χ3n) is 6.45. The molecule has 2 aromatic carbocycles. The molecule has 8 nitrogen and oxygen atoms in total. The standard InChI is InChI=1S/C24H28F4N4O4S/c25-19-7-9-20(10-8-19)32-18-17-31(23(32)33)12-4-3-11-29-13-15-30(16-14-29)21-5-1-2-6-22(21)36-37(34,35)24(26,27)28/h1-2,5-10H,3-4,11-18H2. The van der Waals surface area contributed by atoms with Crippen LogP contribution in [0, 0.1) is 5.82 Å². The number of unbranched alkanes of at least 4 members (excludes halogenated alkanes) is 1. The highest BCUT2D eigenvalue weighted by Crippen LogP contribution is 2.34. The van der Waals surface area contributed by atoms with E-state index >= 15 is 0 Å². The molecule has 0 aliphatic carbocycles. The van der Waals surface area contributed by atoms with Crippen LogP contribution in [0.25, 0.3) is 0 Å². The fourth-order valence-corrected chi connectivity index (χ4v) is 4.93. The molecule has 13 heteroatoms. The molecule has 2 aliphatic rings. The van der Waals surface area contributed by atoms with Crippen molar-refractivity contribution in [2.24, 2.45) is 0 Å². The SMILES string of the molecule is O=C1N(CCCCN2CCN(c3ccccc3OS(=O)(=O)C(F)(F)F)CC2)CCN1c1ccc(F)cc1. The van der Waals surface area contributed by atoms with Crippen molar-refractivity contribution >= 4 is 27.5 Å². The number of hydrogen-bond acceptors (Lipinski definition) is 6. The molecule has 0 radical (unpaired) electrons. The van der Waals surface area contributed by atoms with Gasteiger partial charge in [-0.15, -0.1) is 0 Å². The van der Waals surface area contributed by atoms with E-state index in [4.69, 9.17) is 0 Å². The first-order valence-corrected chi connectivity index (χ1v) is 13.3. The largest absolute Gasteiger partial charge is 0.534 e. The molecule has 2 aliphatic heterocycles. The van der Waals surface area contributed by atoms with E-state index in [0.29, 0.717) is 57.2 Å². The zero-order valence-corrected chi connectivity index (χ0v) is 20.8. The van der Waals surface area contributed by atoms with E-state index in [0.717, 1.165) is 19.4 Å². The van der Waals surface area contributed by atoms with E-state index in [9.17, 15) is 30.8 Å². The number of nitrogens with zero attached hydrogens (tertiary/aromatic N) is 4. The Balaban J connectivity index is 1.21. The number of piperazine rings is 1. The molecular weight excluding hydrogens is 516 g/mol. The average Bonchev–Trinajstić information content (AvgIpc) is 3.22. The van der Waals surface area contributed by atoms with Crippen LogP contribution in [0.3, 0.4) is 0 Å². The summed E-state index contributed by atoms with van der Waals surface area (Å²) < 4.78 is 78.7. The lowest BCUT2D eigenvalue weighted by Gasteiger charge is -2.36. The third-order valence-corrected chi connectivity index (χ3v) is 7.41. The number of alkyl halides is 3. The summed E-state index contributed by atoms with van der Waals surface area (Å²) in [6, 6.07) is 11.6. The Bertz CT molecular complexity index is 1190. The van der Waals surface area contributed by atoms with E-state index in [1.54, 1.807) is 34.1 Å². The summed E-state index contributed by atoms with van der Waals surface area (Å²) >= 11 is 0. The average molecular weight is 545 g/mol. The van der Waals surface area contributed by atoms with Crippen LogP contribution >= 0.6 is 0 Å². The molecule has 37 heavy (non-hydrogen) atoms. The number of halogens is 4. The Morgan fingerprint density at radius 2 is 1.49 bits per heavy atom. The molecule has 4 rings (SSSR count). The number of amides is 2. The predicted molar refractivity (Wildman–Crippen MR) is 131 cm³/mol. The molecule has 0 aromatic heterocycles. The number of rotatable bonds is 9. The highest BCUT2D eigenvalue weighted by Gasteiger charge is 2.49. The lowest BCUT2D eigenvalue weighted by molar-refractivity contribution is -0.0499. The molecule has 0 N–H and O–H groups in total. The first kappa shape index (κ1) is 27.0. The highest BCUT2D eigenvalue weighted by molar-refractivity contribution is 7.88. The van der Waals surface area contributed by atoms with Gasteiger partial charge in [0.2, 0.25) is 0 Å². The van der Waals surface area contributed by atoms with Gasteiger partial charge in [-0.1, -0.05) is 12.1 Å². The van der Waals surface area contributed by atoms with Crippen LogP contribution in [0.4, 0.5) is 33.7 Å². The van der Waals surface area contributed by atoms with Crippen molar-refractivity contribution in [3.63, 3.8) is 0 Å². The first-order valence-electron chi connectivity index (χ1n) is 11.9. The van der Waals surface area contributed by atoms with Gasteiger partial charge >= 0.3 is 21.7 Å². The van der Waals surface area contributed by atoms with Gasteiger partial charge < -0.3 is 14.0 Å². The van der Waals surface area contributed by atoms with Crippen molar-refractivity contribution in [3.05, 3.63) is 54.3 Å². The maximum atomic E-state index is 13.1. The minimum Gasteiger partial charge on any atom is -0.374 e. The van der Waals surface area contributed by atoms with E-state index in [2.05, 4.69) is 9.08 Å². The molecule has 0 saturated carbocycles. The molecule has 2 heterocycles. The van der Waals surface area contributed by atoms with Crippen molar-refractivity contribution < 1.29 is 35.0 Å². The van der Waals surface area contributed by atoms with Crippen LogP contribution in [-0.4, -0.2) is 82.1 Å². The summed E-state index contributed by atoms with van der Waals surface area (Å²) in [4.78, 5) is 20.1. The highest BCUT2D eigenvalue weighted by atomic mass is 32.2. The minimum atomic E-state index is -5.75. The molecular formula is C24H28F4N4O4S. The predicted octanol–water partition coefficient (Wildman–Crippen LogP) is 3.90. The summed E-state index contributed by atoms with van der Waals surface area (Å²) in [6.07, 6.45) is 1.68. The molecule has 2 amide bonds. The minimum absolute atomic E-state index is 0.0892. The summed E-state index contributed by atoms with van der Waals surface area (Å²) in [5, 5.41) is 0. The Labute approximate surface area is 213 Å². The van der Waals surface area contributed by atoms with Gasteiger partial charge in [0.05, 0.1) is 5.69 Å². The fraction of sp³-hybridized carbons (Fsp3) is 0.458. The van der Waals surface area contributed by atoms with Crippen LogP contribution in [0.15, 0.2) is 48.5 Å². The van der Waals surface area contributed by atoms with Crippen LogP contribution in [0.5, 0.6) is 5.75 Å². The van der Waals surface area contributed by atoms with E-state index in [-0.39, 0.29) is 17.6 Å². The zero-order chi connectivity index (χ0) is 26.6. The summed E-state index contributed by atoms with van der Waals surface area (Å²) in [5.74, 6) is -0.696. The van der Waals surface area contributed by atoms with Gasteiger partial charge in [-0.3, -0.25) is 9.80 Å². The van der Waals surface area contributed by atoms with Crippen LogP contribution in [0.1, 0.15) is 12.8 Å². The number of benzene rings is 2. The quantitative estimate of drug-likeness (QED) is 0.206. The lowest BCUT2D eigenvalue weighted by Crippen LogP contribution is -2.47. The number of anilines is 2. The number of hydrogen-bond donors (Lipinski definition) is 0. The lowest BCUT2D eigenvalue weighted by atomic mass is 10.2. The van der Waals surface area contributed by atoms with Crippen LogP contribution in [0.2, 0.25) is 0 Å². The van der Waals surface area contributed by atoms with Gasteiger partial charge in [0.1, 0.15) is 5.82 Å². The second-order valence-electron chi connectivity index (χ2n) is 8.88. The summed E-state index contributed by atoms with van der Waals surface area (Å²) in [7, 11) is -5.75. The molecule has 0 atom stereocenters.